The van der Waals surface area contributed by atoms with Crippen LogP contribution in [0.15, 0.2) is 23.1 Å². The highest BCUT2D eigenvalue weighted by molar-refractivity contribution is 7.89. The van der Waals surface area contributed by atoms with Crippen molar-refractivity contribution in [3.8, 4) is 0 Å². The molecule has 1 amide bonds. The maximum Gasteiger partial charge on any atom is 0.286 e. The van der Waals surface area contributed by atoms with Crippen molar-refractivity contribution < 1.29 is 13.2 Å². The molecule has 20 heavy (non-hydrogen) atoms. The number of hydrogen-bond donors (Lipinski definition) is 2. The minimum Gasteiger partial charge on any atom is -0.320 e. The van der Waals surface area contributed by atoms with Gasteiger partial charge in [0.05, 0.1) is 4.90 Å². The third-order valence-electron chi connectivity index (χ3n) is 2.43. The van der Waals surface area contributed by atoms with Gasteiger partial charge >= 0.3 is 0 Å². The summed E-state index contributed by atoms with van der Waals surface area (Å²) in [6.45, 7) is 1.54. The van der Waals surface area contributed by atoms with Gasteiger partial charge in [0.25, 0.3) is 5.91 Å². The number of nitrogens with two attached hydrogens (primary N) is 1. The van der Waals surface area contributed by atoms with E-state index in [1.54, 1.807) is 13.0 Å². The maximum atomic E-state index is 11.9. The Balaban J connectivity index is 2.33. The number of halogens is 1. The number of nitrogens with zero attached hydrogens (tertiary/aromatic N) is 2. The van der Waals surface area contributed by atoms with E-state index in [1.165, 1.54) is 12.1 Å². The Labute approximate surface area is 123 Å². The van der Waals surface area contributed by atoms with Crippen LogP contribution in [0.5, 0.6) is 0 Å². The van der Waals surface area contributed by atoms with Crippen molar-refractivity contribution in [3.05, 3.63) is 33.2 Å². The summed E-state index contributed by atoms with van der Waals surface area (Å²) in [5.41, 5.74) is 0.673. The van der Waals surface area contributed by atoms with Crippen LogP contribution in [0.25, 0.3) is 0 Å². The SMILES string of the molecule is Cc1c(NC(=O)c2nnc(Cl)s2)cccc1S(N)(=O)=O. The zero-order valence-corrected chi connectivity index (χ0v) is 12.5. The van der Waals surface area contributed by atoms with Gasteiger partial charge in [-0.3, -0.25) is 4.79 Å². The first kappa shape index (κ1) is 14.9. The topological polar surface area (TPSA) is 115 Å². The van der Waals surface area contributed by atoms with Crippen LogP contribution < -0.4 is 10.5 Å². The van der Waals surface area contributed by atoms with Crippen LogP contribution in [0, 0.1) is 6.92 Å². The molecular weight excluding hydrogens is 324 g/mol. The van der Waals surface area contributed by atoms with Gasteiger partial charge in [0.15, 0.2) is 0 Å². The number of carbonyl (C=O) groups is 1. The second-order valence-electron chi connectivity index (χ2n) is 3.79. The summed E-state index contributed by atoms with van der Waals surface area (Å²) in [4.78, 5) is 11.8. The first-order valence-corrected chi connectivity index (χ1v) is 7.96. The Bertz CT molecular complexity index is 773. The number of carbonyl (C=O) groups excluding carboxylic acids is 1. The summed E-state index contributed by atoms with van der Waals surface area (Å²) in [6, 6.07) is 4.40. The molecular formula is C10H9ClN4O3S2. The van der Waals surface area contributed by atoms with Gasteiger partial charge in [-0.15, -0.1) is 10.2 Å². The zero-order valence-electron chi connectivity index (χ0n) is 10.1. The lowest BCUT2D eigenvalue weighted by molar-refractivity contribution is 0.102. The minimum atomic E-state index is -3.85. The van der Waals surface area contributed by atoms with Gasteiger partial charge in [0, 0.05) is 5.69 Å². The molecule has 0 radical (unpaired) electrons. The number of sulfonamides is 1. The third kappa shape index (κ3) is 3.12. The lowest BCUT2D eigenvalue weighted by atomic mass is 10.2. The van der Waals surface area contributed by atoms with Gasteiger partial charge in [-0.05, 0) is 36.2 Å². The standard InChI is InChI=1S/C10H9ClN4O3S2/c1-5-6(3-2-4-7(5)20(12,17)18)13-8(16)9-14-15-10(11)19-9/h2-4H,1H3,(H,13,16)(H2,12,17,18). The smallest absolute Gasteiger partial charge is 0.286 e. The normalized spacial score (nSPS) is 11.3. The van der Waals surface area contributed by atoms with Crippen molar-refractivity contribution in [2.24, 2.45) is 5.14 Å². The molecule has 0 spiro atoms. The Morgan fingerprint density at radius 3 is 2.65 bits per heavy atom. The van der Waals surface area contributed by atoms with E-state index >= 15 is 0 Å². The summed E-state index contributed by atoms with van der Waals surface area (Å²) in [7, 11) is -3.85. The van der Waals surface area contributed by atoms with Gasteiger partial charge in [-0.2, -0.15) is 0 Å². The molecule has 3 N–H and O–H groups in total. The number of amides is 1. The highest BCUT2D eigenvalue weighted by atomic mass is 35.5. The van der Waals surface area contributed by atoms with Crippen LogP contribution in [0.4, 0.5) is 5.69 Å². The van der Waals surface area contributed by atoms with Gasteiger partial charge in [0.2, 0.25) is 19.5 Å². The highest BCUT2D eigenvalue weighted by Gasteiger charge is 2.17. The van der Waals surface area contributed by atoms with Crippen molar-refractivity contribution in [3.63, 3.8) is 0 Å². The molecule has 0 fully saturated rings. The summed E-state index contributed by atoms with van der Waals surface area (Å²) in [5.74, 6) is -0.524. The van der Waals surface area contributed by atoms with Gasteiger partial charge in [-0.1, -0.05) is 17.4 Å². The molecule has 7 nitrogen and oxygen atoms in total. The number of aromatic nitrogens is 2. The summed E-state index contributed by atoms with van der Waals surface area (Å²) < 4.78 is 22.9. The van der Waals surface area contributed by atoms with Crippen LogP contribution in [0.2, 0.25) is 4.47 Å². The van der Waals surface area contributed by atoms with Crippen LogP contribution in [-0.2, 0) is 10.0 Å². The van der Waals surface area contributed by atoms with E-state index in [0.29, 0.717) is 11.3 Å². The molecule has 0 unspecified atom stereocenters. The van der Waals surface area contributed by atoms with Crippen molar-refractivity contribution in [1.29, 1.82) is 0 Å². The van der Waals surface area contributed by atoms with E-state index in [9.17, 15) is 13.2 Å². The molecule has 0 aliphatic rings. The summed E-state index contributed by atoms with van der Waals surface area (Å²) in [5, 5.41) is 14.8. The lowest BCUT2D eigenvalue weighted by Gasteiger charge is -2.10. The number of hydrogen-bond acceptors (Lipinski definition) is 6. The summed E-state index contributed by atoms with van der Waals surface area (Å²) in [6.07, 6.45) is 0. The minimum absolute atomic E-state index is 0.0504. The van der Waals surface area contributed by atoms with E-state index in [1.807, 2.05) is 0 Å². The molecule has 0 bridgehead atoms. The maximum absolute atomic E-state index is 11.9. The molecule has 1 aromatic carbocycles. The van der Waals surface area contributed by atoms with E-state index in [4.69, 9.17) is 16.7 Å². The fourth-order valence-electron chi connectivity index (χ4n) is 1.53. The second-order valence-corrected chi connectivity index (χ2v) is 6.88. The van der Waals surface area contributed by atoms with Gasteiger partial charge in [0.1, 0.15) is 0 Å². The number of nitrogens with one attached hydrogen (secondary N) is 1. The average Bonchev–Trinajstić information content (AvgIpc) is 2.77. The van der Waals surface area contributed by atoms with Crippen LogP contribution >= 0.6 is 22.9 Å². The molecule has 0 aliphatic carbocycles. The van der Waals surface area contributed by atoms with E-state index < -0.39 is 15.9 Å². The number of rotatable bonds is 3. The number of benzene rings is 1. The summed E-state index contributed by atoms with van der Waals surface area (Å²) >= 11 is 6.51. The Hall–Kier alpha value is -1.55. The first-order valence-electron chi connectivity index (χ1n) is 5.22. The van der Waals surface area contributed by atoms with Crippen LogP contribution in [-0.4, -0.2) is 24.5 Å². The molecule has 1 aromatic heterocycles. The molecule has 0 aliphatic heterocycles. The van der Waals surface area contributed by atoms with Crippen LogP contribution in [0.3, 0.4) is 0 Å². The molecule has 0 atom stereocenters. The first-order chi connectivity index (χ1) is 9.29. The largest absolute Gasteiger partial charge is 0.320 e. The van der Waals surface area contributed by atoms with Gasteiger partial charge in [-0.25, -0.2) is 13.6 Å². The predicted molar refractivity (Wildman–Crippen MR) is 75.4 cm³/mol. The molecule has 1 heterocycles. The number of primary sulfonamides is 1. The lowest BCUT2D eigenvalue weighted by Crippen LogP contribution is -2.17. The van der Waals surface area contributed by atoms with Crippen molar-refractivity contribution >= 4 is 44.6 Å². The fraction of sp³-hybridized carbons (Fsp3) is 0.100. The van der Waals surface area contributed by atoms with E-state index in [2.05, 4.69) is 15.5 Å². The molecule has 0 saturated heterocycles. The van der Waals surface area contributed by atoms with Crippen molar-refractivity contribution in [2.75, 3.05) is 5.32 Å². The molecule has 2 aromatic rings. The molecule has 106 valence electrons. The van der Waals surface area contributed by atoms with Crippen molar-refractivity contribution in [1.82, 2.24) is 10.2 Å². The molecule has 0 saturated carbocycles. The van der Waals surface area contributed by atoms with E-state index in [-0.39, 0.29) is 14.4 Å². The van der Waals surface area contributed by atoms with E-state index in [0.717, 1.165) is 11.3 Å². The molecule has 10 heteroatoms. The quantitative estimate of drug-likeness (QED) is 0.881. The Morgan fingerprint density at radius 1 is 1.40 bits per heavy atom. The van der Waals surface area contributed by atoms with Crippen LogP contribution in [0.1, 0.15) is 15.4 Å². The Kier molecular flexibility index (Phi) is 4.04. The third-order valence-corrected chi connectivity index (χ3v) is 4.51. The predicted octanol–water partition coefficient (Wildman–Crippen LogP) is 1.40. The number of anilines is 1. The molecule has 2 rings (SSSR count). The monoisotopic (exact) mass is 332 g/mol. The van der Waals surface area contributed by atoms with Gasteiger partial charge < -0.3 is 5.32 Å². The van der Waals surface area contributed by atoms with Crippen molar-refractivity contribution in [2.45, 2.75) is 11.8 Å². The fourth-order valence-corrected chi connectivity index (χ4v) is 3.06. The highest BCUT2D eigenvalue weighted by Crippen LogP contribution is 2.23. The Morgan fingerprint density at radius 2 is 2.10 bits per heavy atom. The second kappa shape index (κ2) is 5.44. The zero-order chi connectivity index (χ0) is 14.9. The average molecular weight is 333 g/mol.